The van der Waals surface area contributed by atoms with Crippen molar-refractivity contribution in [1.82, 2.24) is 4.98 Å². The summed E-state index contributed by atoms with van der Waals surface area (Å²) < 4.78 is 11.4. The smallest absolute Gasteiger partial charge is 0.332 e. The van der Waals surface area contributed by atoms with Crippen LogP contribution in [0.2, 0.25) is 0 Å². The van der Waals surface area contributed by atoms with Gasteiger partial charge in [0, 0.05) is 17.8 Å². The number of ether oxygens (including phenoxy) is 2. The van der Waals surface area contributed by atoms with Gasteiger partial charge in [0.05, 0.1) is 18.4 Å². The number of hydrogen-bond donors (Lipinski definition) is 2. The van der Waals surface area contributed by atoms with Gasteiger partial charge in [0.25, 0.3) is 0 Å². The van der Waals surface area contributed by atoms with Gasteiger partial charge in [-0.1, -0.05) is 12.1 Å². The van der Waals surface area contributed by atoms with Gasteiger partial charge in [0.1, 0.15) is 0 Å². The lowest BCUT2D eigenvalue weighted by atomic mass is 10.0. The van der Waals surface area contributed by atoms with Crippen molar-refractivity contribution in [2.24, 2.45) is 5.84 Å². The lowest BCUT2D eigenvalue weighted by molar-refractivity contribution is -0.138. The summed E-state index contributed by atoms with van der Waals surface area (Å²) in [6.45, 7) is 6.13. The normalized spacial score (nSPS) is 12.0. The van der Waals surface area contributed by atoms with E-state index in [2.05, 4.69) is 4.98 Å². The summed E-state index contributed by atoms with van der Waals surface area (Å²) >= 11 is 0. The minimum absolute atomic E-state index is 0.0339. The summed E-state index contributed by atoms with van der Waals surface area (Å²) in [7, 11) is 0. The van der Waals surface area contributed by atoms with E-state index in [0.717, 1.165) is 10.8 Å². The number of fused-ring (bicyclic) bond motifs is 1. The van der Waals surface area contributed by atoms with Crippen LogP contribution in [0.1, 0.15) is 32.4 Å². The molecule has 0 aliphatic rings. The Labute approximate surface area is 169 Å². The van der Waals surface area contributed by atoms with Crippen LogP contribution in [0.4, 0.5) is 5.69 Å². The average molecular weight is 395 g/mol. The molecule has 3 rings (SSSR count). The highest BCUT2D eigenvalue weighted by atomic mass is 16.5. The van der Waals surface area contributed by atoms with Gasteiger partial charge in [-0.05, 0) is 62.1 Å². The molecular weight excluding hydrogens is 370 g/mol. The van der Waals surface area contributed by atoms with Crippen LogP contribution in [0.15, 0.2) is 54.9 Å². The van der Waals surface area contributed by atoms with Crippen molar-refractivity contribution < 1.29 is 19.4 Å². The molecule has 0 bridgehead atoms. The summed E-state index contributed by atoms with van der Waals surface area (Å²) in [4.78, 5) is 16.2. The number of benzene rings is 2. The van der Waals surface area contributed by atoms with Gasteiger partial charge < -0.3 is 14.6 Å². The first-order valence-corrected chi connectivity index (χ1v) is 9.44. The van der Waals surface area contributed by atoms with E-state index in [-0.39, 0.29) is 6.10 Å². The molecule has 0 radical (unpaired) electrons. The summed E-state index contributed by atoms with van der Waals surface area (Å²) in [5, 5.41) is 13.0. The molecule has 7 nitrogen and oxygen atoms in total. The lowest BCUT2D eigenvalue weighted by Gasteiger charge is -2.27. The van der Waals surface area contributed by atoms with Crippen LogP contribution in [0.5, 0.6) is 11.5 Å². The number of aromatic nitrogens is 1. The van der Waals surface area contributed by atoms with Crippen molar-refractivity contribution in [1.29, 1.82) is 0 Å². The monoisotopic (exact) mass is 395 g/mol. The minimum Gasteiger partial charge on any atom is -0.490 e. The molecule has 1 atom stereocenters. The molecule has 7 heteroatoms. The zero-order valence-corrected chi connectivity index (χ0v) is 16.7. The molecule has 1 aromatic heterocycles. The van der Waals surface area contributed by atoms with E-state index in [1.807, 2.05) is 39.0 Å². The molecule has 152 valence electrons. The van der Waals surface area contributed by atoms with Crippen LogP contribution in [0, 0.1) is 0 Å². The lowest BCUT2D eigenvalue weighted by Crippen LogP contribution is -2.39. The minimum atomic E-state index is -1.10. The SMILES string of the molecule is CCOc1cc(C(C(=O)O)N(N)c2ccc3cnccc3c2)ccc1OC(C)C. The van der Waals surface area contributed by atoms with Crippen molar-refractivity contribution in [2.75, 3.05) is 11.6 Å². The number of anilines is 1. The van der Waals surface area contributed by atoms with Gasteiger partial charge in [0.2, 0.25) is 0 Å². The predicted octanol–water partition coefficient (Wildman–Crippen LogP) is 3.93. The molecule has 1 unspecified atom stereocenters. The second kappa shape index (κ2) is 8.79. The van der Waals surface area contributed by atoms with Gasteiger partial charge in [0.15, 0.2) is 17.5 Å². The summed E-state index contributed by atoms with van der Waals surface area (Å²) in [6, 6.07) is 11.3. The fraction of sp³-hybridized carbons (Fsp3) is 0.273. The van der Waals surface area contributed by atoms with E-state index in [1.54, 1.807) is 36.7 Å². The van der Waals surface area contributed by atoms with E-state index >= 15 is 0 Å². The predicted molar refractivity (Wildman–Crippen MR) is 112 cm³/mol. The van der Waals surface area contributed by atoms with Crippen molar-refractivity contribution in [3.05, 3.63) is 60.4 Å². The highest BCUT2D eigenvalue weighted by Gasteiger charge is 2.27. The second-order valence-electron chi connectivity index (χ2n) is 6.86. The standard InChI is InChI=1S/C22H25N3O4/c1-4-28-20-12-16(6-8-19(20)29-14(2)3)21(22(26)27)25(23)18-7-5-17-13-24-10-9-15(17)11-18/h5-14,21H,4,23H2,1-3H3,(H,26,27). The third kappa shape index (κ3) is 4.57. The first-order chi connectivity index (χ1) is 13.9. The molecule has 0 spiro atoms. The van der Waals surface area contributed by atoms with Crippen LogP contribution >= 0.6 is 0 Å². The number of nitrogens with two attached hydrogens (primary N) is 1. The zero-order valence-electron chi connectivity index (χ0n) is 16.7. The number of carboxylic acids is 1. The highest BCUT2D eigenvalue weighted by molar-refractivity contribution is 5.87. The van der Waals surface area contributed by atoms with E-state index in [1.165, 1.54) is 5.01 Å². The zero-order chi connectivity index (χ0) is 21.0. The Balaban J connectivity index is 1.99. The molecule has 0 saturated heterocycles. The first-order valence-electron chi connectivity index (χ1n) is 9.44. The fourth-order valence-electron chi connectivity index (χ4n) is 3.12. The third-order valence-electron chi connectivity index (χ3n) is 4.38. The van der Waals surface area contributed by atoms with Crippen molar-refractivity contribution in [3.8, 4) is 11.5 Å². The molecule has 0 fully saturated rings. The van der Waals surface area contributed by atoms with Crippen molar-refractivity contribution in [3.63, 3.8) is 0 Å². The van der Waals surface area contributed by atoms with E-state index in [4.69, 9.17) is 15.3 Å². The number of nitrogens with zero attached hydrogens (tertiary/aromatic N) is 2. The second-order valence-corrected chi connectivity index (χ2v) is 6.86. The van der Waals surface area contributed by atoms with Crippen LogP contribution in [-0.4, -0.2) is 28.8 Å². The van der Waals surface area contributed by atoms with Crippen molar-refractivity contribution in [2.45, 2.75) is 32.9 Å². The van der Waals surface area contributed by atoms with Crippen LogP contribution in [-0.2, 0) is 4.79 Å². The van der Waals surface area contributed by atoms with Gasteiger partial charge in [-0.15, -0.1) is 0 Å². The van der Waals surface area contributed by atoms with E-state index in [9.17, 15) is 9.90 Å². The Bertz CT molecular complexity index is 1010. The van der Waals surface area contributed by atoms with Gasteiger partial charge >= 0.3 is 5.97 Å². The Hall–Kier alpha value is -3.32. The quantitative estimate of drug-likeness (QED) is 0.440. The molecule has 2 aromatic carbocycles. The summed E-state index contributed by atoms with van der Waals surface area (Å²) in [5.41, 5.74) is 1.07. The molecule has 29 heavy (non-hydrogen) atoms. The third-order valence-corrected chi connectivity index (χ3v) is 4.38. The van der Waals surface area contributed by atoms with E-state index < -0.39 is 12.0 Å². The van der Waals surface area contributed by atoms with Gasteiger partial charge in [-0.25, -0.2) is 10.6 Å². The Morgan fingerprint density at radius 1 is 1.14 bits per heavy atom. The average Bonchev–Trinajstić information content (AvgIpc) is 2.69. The molecular formula is C22H25N3O4. The fourth-order valence-corrected chi connectivity index (χ4v) is 3.12. The number of carbonyl (C=O) groups is 1. The Kier molecular flexibility index (Phi) is 6.19. The Morgan fingerprint density at radius 2 is 1.93 bits per heavy atom. The van der Waals surface area contributed by atoms with Gasteiger partial charge in [-0.3, -0.25) is 9.99 Å². The van der Waals surface area contributed by atoms with E-state index in [0.29, 0.717) is 29.4 Å². The first kappa shape index (κ1) is 20.4. The maximum absolute atomic E-state index is 12.1. The number of hydrazine groups is 1. The molecule has 3 N–H and O–H groups in total. The maximum atomic E-state index is 12.1. The summed E-state index contributed by atoms with van der Waals surface area (Å²) in [6.07, 6.45) is 3.40. The van der Waals surface area contributed by atoms with Crippen molar-refractivity contribution >= 4 is 22.4 Å². The number of hydrogen-bond acceptors (Lipinski definition) is 6. The maximum Gasteiger partial charge on any atom is 0.332 e. The molecule has 1 heterocycles. The molecule has 3 aromatic rings. The number of rotatable bonds is 8. The van der Waals surface area contributed by atoms with Crippen LogP contribution in [0.3, 0.4) is 0 Å². The van der Waals surface area contributed by atoms with Crippen LogP contribution < -0.4 is 20.3 Å². The molecule has 0 aliphatic carbocycles. The highest BCUT2D eigenvalue weighted by Crippen LogP contribution is 2.34. The number of pyridine rings is 1. The van der Waals surface area contributed by atoms with Gasteiger partial charge in [-0.2, -0.15) is 0 Å². The largest absolute Gasteiger partial charge is 0.490 e. The topological polar surface area (TPSA) is 97.9 Å². The molecule has 0 amide bonds. The number of aliphatic carboxylic acids is 1. The molecule has 0 saturated carbocycles. The summed E-state index contributed by atoms with van der Waals surface area (Å²) in [5.74, 6) is 6.26. The van der Waals surface area contributed by atoms with Crippen LogP contribution in [0.25, 0.3) is 10.8 Å². The molecule has 0 aliphatic heterocycles. The Morgan fingerprint density at radius 3 is 2.62 bits per heavy atom. The number of carboxylic acid groups (broad SMARTS) is 1.